The number of piperazine rings is 1. The van der Waals surface area contributed by atoms with Crippen LogP contribution in [0, 0.1) is 0 Å². The van der Waals surface area contributed by atoms with Crippen LogP contribution in [0.2, 0.25) is 0 Å². The third kappa shape index (κ3) is 7.16. The van der Waals surface area contributed by atoms with Crippen molar-refractivity contribution in [3.05, 3.63) is 35.4 Å². The van der Waals surface area contributed by atoms with E-state index in [1.54, 1.807) is 0 Å². The average molecular weight is 374 g/mol. The number of nitrogens with one attached hydrogen (secondary N) is 2. The minimum Gasteiger partial charge on any atom is -0.313 e. The van der Waals surface area contributed by atoms with Crippen LogP contribution in [-0.4, -0.2) is 73.7 Å². The molecule has 5 heteroatoms. The molecule has 2 aliphatic heterocycles. The van der Waals surface area contributed by atoms with Gasteiger partial charge < -0.3 is 15.1 Å². The molecule has 1 aromatic carbocycles. The van der Waals surface area contributed by atoms with Crippen molar-refractivity contribution in [2.24, 2.45) is 0 Å². The van der Waals surface area contributed by atoms with Gasteiger partial charge in [-0.25, -0.2) is 5.01 Å². The molecule has 0 radical (unpaired) electrons. The summed E-state index contributed by atoms with van der Waals surface area (Å²) in [5, 5.41) is 5.95. The maximum Gasteiger partial charge on any atom is 0.0353 e. The van der Waals surface area contributed by atoms with Gasteiger partial charge in [0.2, 0.25) is 0 Å². The summed E-state index contributed by atoms with van der Waals surface area (Å²) in [5.74, 6) is 0. The van der Waals surface area contributed by atoms with Gasteiger partial charge in [0.05, 0.1) is 0 Å². The van der Waals surface area contributed by atoms with E-state index in [0.717, 1.165) is 51.9 Å². The van der Waals surface area contributed by atoms with E-state index < -0.39 is 0 Å². The fraction of sp³-hybridized carbons (Fsp3) is 0.727. The Morgan fingerprint density at radius 2 is 1.63 bits per heavy atom. The highest BCUT2D eigenvalue weighted by atomic mass is 15.5. The number of nitrogens with zero attached hydrogens (tertiary/aromatic N) is 3. The van der Waals surface area contributed by atoms with Gasteiger partial charge in [0.15, 0.2) is 0 Å². The van der Waals surface area contributed by atoms with Gasteiger partial charge in [0, 0.05) is 45.3 Å². The molecule has 0 aromatic heterocycles. The van der Waals surface area contributed by atoms with Gasteiger partial charge in [-0.3, -0.25) is 5.43 Å². The quantitative estimate of drug-likeness (QED) is 0.649. The number of benzene rings is 1. The Morgan fingerprint density at radius 1 is 0.926 bits per heavy atom. The number of hydrogen-bond donors (Lipinski definition) is 2. The van der Waals surface area contributed by atoms with Crippen molar-refractivity contribution in [2.75, 3.05) is 52.9 Å². The number of piperidine rings is 1. The van der Waals surface area contributed by atoms with Crippen molar-refractivity contribution in [3.8, 4) is 0 Å². The summed E-state index contributed by atoms with van der Waals surface area (Å²) < 4.78 is 0. The first-order valence-electron chi connectivity index (χ1n) is 10.9. The first kappa shape index (κ1) is 20.7. The van der Waals surface area contributed by atoms with E-state index in [1.807, 2.05) is 0 Å². The van der Waals surface area contributed by atoms with Gasteiger partial charge in [-0.05, 0) is 64.0 Å². The summed E-state index contributed by atoms with van der Waals surface area (Å²) in [6.07, 6.45) is 5.42. The monoisotopic (exact) mass is 373 g/mol. The maximum absolute atomic E-state index is 3.61. The Morgan fingerprint density at radius 3 is 2.33 bits per heavy atom. The molecule has 5 nitrogen and oxygen atoms in total. The van der Waals surface area contributed by atoms with E-state index in [9.17, 15) is 0 Å². The summed E-state index contributed by atoms with van der Waals surface area (Å²) >= 11 is 0. The highest BCUT2D eigenvalue weighted by Gasteiger charge is 2.17. The second-order valence-corrected chi connectivity index (χ2v) is 8.35. The molecule has 2 aliphatic rings. The number of likely N-dealkylation sites (N-methyl/N-ethyl adjacent to an activating group) is 1. The summed E-state index contributed by atoms with van der Waals surface area (Å²) in [5.41, 5.74) is 6.30. The summed E-state index contributed by atoms with van der Waals surface area (Å²) in [6, 6.07) is 9.83. The van der Waals surface area contributed by atoms with E-state index in [1.165, 1.54) is 49.9 Å². The highest BCUT2D eigenvalue weighted by Crippen LogP contribution is 2.16. The molecule has 0 bridgehead atoms. The Kier molecular flexibility index (Phi) is 8.55. The molecule has 2 saturated heterocycles. The van der Waals surface area contributed by atoms with E-state index in [2.05, 4.69) is 63.8 Å². The van der Waals surface area contributed by atoms with Gasteiger partial charge >= 0.3 is 0 Å². The molecule has 2 N–H and O–H groups in total. The summed E-state index contributed by atoms with van der Waals surface area (Å²) in [4.78, 5) is 5.04. The van der Waals surface area contributed by atoms with Gasteiger partial charge in [0.25, 0.3) is 0 Å². The van der Waals surface area contributed by atoms with Gasteiger partial charge in [0.1, 0.15) is 0 Å². The zero-order chi connectivity index (χ0) is 18.9. The molecule has 2 heterocycles. The van der Waals surface area contributed by atoms with Crippen molar-refractivity contribution in [1.82, 2.24) is 25.6 Å². The molecule has 0 saturated carbocycles. The van der Waals surface area contributed by atoms with Crippen LogP contribution >= 0.6 is 0 Å². The summed E-state index contributed by atoms with van der Waals surface area (Å²) in [7, 11) is 2.19. The minimum absolute atomic E-state index is 0.783. The van der Waals surface area contributed by atoms with Crippen LogP contribution in [0.1, 0.15) is 43.7 Å². The maximum atomic E-state index is 3.61. The van der Waals surface area contributed by atoms with Crippen LogP contribution in [0.5, 0.6) is 0 Å². The lowest BCUT2D eigenvalue weighted by atomic mass is 10.0. The molecule has 1 unspecified atom stereocenters. The molecule has 3 rings (SSSR count). The van der Waals surface area contributed by atoms with Gasteiger partial charge in [-0.1, -0.05) is 30.7 Å². The zero-order valence-corrected chi connectivity index (χ0v) is 17.4. The fourth-order valence-corrected chi connectivity index (χ4v) is 4.07. The second-order valence-electron chi connectivity index (χ2n) is 8.35. The van der Waals surface area contributed by atoms with E-state index >= 15 is 0 Å². The minimum atomic E-state index is 0.783. The van der Waals surface area contributed by atoms with Crippen LogP contribution in [-0.2, 0) is 13.1 Å². The van der Waals surface area contributed by atoms with Gasteiger partial charge in [-0.2, -0.15) is 0 Å². The van der Waals surface area contributed by atoms with Gasteiger partial charge in [-0.15, -0.1) is 0 Å². The van der Waals surface area contributed by atoms with Crippen molar-refractivity contribution >= 4 is 0 Å². The predicted octanol–water partition coefficient (Wildman–Crippen LogP) is 2.29. The van der Waals surface area contributed by atoms with Crippen LogP contribution in [0.25, 0.3) is 0 Å². The van der Waals surface area contributed by atoms with Crippen molar-refractivity contribution in [1.29, 1.82) is 0 Å². The third-order valence-corrected chi connectivity index (χ3v) is 6.10. The second kappa shape index (κ2) is 11.1. The van der Waals surface area contributed by atoms with E-state index in [4.69, 9.17) is 0 Å². The average Bonchev–Trinajstić information content (AvgIpc) is 2.69. The zero-order valence-electron chi connectivity index (χ0n) is 17.4. The molecule has 2 fully saturated rings. The third-order valence-electron chi connectivity index (χ3n) is 6.10. The van der Waals surface area contributed by atoms with Crippen LogP contribution in [0.15, 0.2) is 24.3 Å². The Balaban J connectivity index is 1.27. The number of likely N-dealkylation sites (tertiary alicyclic amines) is 1. The lowest BCUT2D eigenvalue weighted by Gasteiger charge is -2.33. The number of hydrazine groups is 1. The Labute approximate surface area is 166 Å². The van der Waals surface area contributed by atoms with E-state index in [-0.39, 0.29) is 0 Å². The Bertz CT molecular complexity index is 524. The first-order valence-corrected chi connectivity index (χ1v) is 10.9. The lowest BCUT2D eigenvalue weighted by molar-refractivity contribution is 0.102. The normalized spacial score (nSPS) is 23.0. The molecule has 1 aromatic rings. The lowest BCUT2D eigenvalue weighted by Crippen LogP contribution is -2.50. The predicted molar refractivity (Wildman–Crippen MR) is 114 cm³/mol. The Hall–Kier alpha value is -0.980. The van der Waals surface area contributed by atoms with Crippen molar-refractivity contribution < 1.29 is 0 Å². The highest BCUT2D eigenvalue weighted by molar-refractivity contribution is 5.22. The number of rotatable bonds is 9. The smallest absolute Gasteiger partial charge is 0.0353 e. The molecule has 0 spiro atoms. The molecule has 0 amide bonds. The molecule has 1 atom stereocenters. The van der Waals surface area contributed by atoms with Crippen molar-refractivity contribution in [2.45, 2.75) is 51.7 Å². The largest absolute Gasteiger partial charge is 0.313 e. The number of hydrogen-bond acceptors (Lipinski definition) is 5. The molecular weight excluding hydrogens is 334 g/mol. The molecular formula is C22H39N5. The standard InChI is InChI=1S/C22H39N5/c1-20-6-3-4-12-26(20)13-5-11-23-18-21-7-9-22(10-8-21)19-24-27-16-14-25(2)15-17-27/h7-10,20,23-24H,3-6,11-19H2,1-2H3. The molecule has 152 valence electrons. The first-order chi connectivity index (χ1) is 13.2. The van der Waals surface area contributed by atoms with Crippen molar-refractivity contribution in [3.63, 3.8) is 0 Å². The summed E-state index contributed by atoms with van der Waals surface area (Å²) in [6.45, 7) is 12.4. The molecule has 27 heavy (non-hydrogen) atoms. The van der Waals surface area contributed by atoms with Crippen LogP contribution < -0.4 is 10.7 Å². The molecule has 0 aliphatic carbocycles. The fourth-order valence-electron chi connectivity index (χ4n) is 4.07. The van der Waals surface area contributed by atoms with Crippen LogP contribution in [0.3, 0.4) is 0 Å². The van der Waals surface area contributed by atoms with E-state index in [0.29, 0.717) is 0 Å². The SMILES string of the molecule is CC1CCCCN1CCCNCc1ccc(CNN2CCN(C)CC2)cc1. The van der Waals surface area contributed by atoms with Crippen LogP contribution in [0.4, 0.5) is 0 Å². The topological polar surface area (TPSA) is 33.8 Å².